The van der Waals surface area contributed by atoms with Crippen LogP contribution in [0.5, 0.6) is 5.75 Å². The van der Waals surface area contributed by atoms with Gasteiger partial charge in [-0.05, 0) is 26.0 Å². The van der Waals surface area contributed by atoms with Crippen molar-refractivity contribution >= 4 is 17.4 Å². The Labute approximate surface area is 101 Å². The first-order valence-corrected chi connectivity index (χ1v) is 6.29. The van der Waals surface area contributed by atoms with Gasteiger partial charge in [0.2, 0.25) is 0 Å². The largest absolute Gasteiger partial charge is 0.491 e. The summed E-state index contributed by atoms with van der Waals surface area (Å²) in [4.78, 5) is 1.12. The number of nitrogens with two attached hydrogens (primary N) is 1. The van der Waals surface area contributed by atoms with E-state index in [1.165, 1.54) is 0 Å². The lowest BCUT2D eigenvalue weighted by Crippen LogP contribution is -2.06. The smallest absolute Gasteiger partial charge is 0.122 e. The van der Waals surface area contributed by atoms with Crippen molar-refractivity contribution < 1.29 is 9.47 Å². The summed E-state index contributed by atoms with van der Waals surface area (Å²) in [7, 11) is 1.70. The Kier molecular flexibility index (Phi) is 5.49. The Balaban J connectivity index is 2.65. The molecule has 0 aliphatic carbocycles. The fourth-order valence-electron chi connectivity index (χ4n) is 1.26. The van der Waals surface area contributed by atoms with Crippen LogP contribution in [0.4, 0.5) is 5.69 Å². The monoisotopic (exact) mass is 241 g/mol. The van der Waals surface area contributed by atoms with Gasteiger partial charge in [-0.3, -0.25) is 0 Å². The van der Waals surface area contributed by atoms with Crippen LogP contribution < -0.4 is 10.5 Å². The van der Waals surface area contributed by atoms with Gasteiger partial charge in [0.05, 0.1) is 12.7 Å². The van der Waals surface area contributed by atoms with Crippen LogP contribution in [-0.2, 0) is 4.74 Å². The highest BCUT2D eigenvalue weighted by atomic mass is 32.2. The number of methoxy groups -OCH3 is 1. The van der Waals surface area contributed by atoms with Crippen LogP contribution in [-0.4, -0.2) is 25.6 Å². The highest BCUT2D eigenvalue weighted by Crippen LogP contribution is 2.27. The van der Waals surface area contributed by atoms with E-state index in [4.69, 9.17) is 15.2 Å². The van der Waals surface area contributed by atoms with Crippen LogP contribution in [0.25, 0.3) is 0 Å². The molecule has 0 aliphatic heterocycles. The summed E-state index contributed by atoms with van der Waals surface area (Å²) in [6.45, 7) is 4.74. The summed E-state index contributed by atoms with van der Waals surface area (Å²) in [6, 6.07) is 5.81. The first kappa shape index (κ1) is 13.2. The molecule has 2 N–H and O–H groups in total. The lowest BCUT2D eigenvalue weighted by molar-refractivity contribution is 0.218. The summed E-state index contributed by atoms with van der Waals surface area (Å²) >= 11 is 1.72. The molecule has 0 amide bonds. The Morgan fingerprint density at radius 3 is 2.69 bits per heavy atom. The molecule has 0 atom stereocenters. The maximum atomic E-state index is 5.81. The van der Waals surface area contributed by atoms with Crippen molar-refractivity contribution in [3.8, 4) is 5.75 Å². The number of ether oxygens (including phenoxy) is 2. The van der Waals surface area contributed by atoms with Crippen LogP contribution in [0.15, 0.2) is 23.1 Å². The number of anilines is 1. The second-order valence-electron chi connectivity index (χ2n) is 3.75. The number of nitrogen functional groups attached to an aromatic ring is 1. The topological polar surface area (TPSA) is 44.5 Å². The molecule has 0 heterocycles. The zero-order valence-corrected chi connectivity index (χ0v) is 10.8. The van der Waals surface area contributed by atoms with E-state index in [1.54, 1.807) is 18.9 Å². The fraction of sp³-hybridized carbons (Fsp3) is 0.500. The first-order valence-electron chi connectivity index (χ1n) is 5.30. The highest BCUT2D eigenvalue weighted by Gasteiger charge is 2.02. The summed E-state index contributed by atoms with van der Waals surface area (Å²) in [5, 5.41) is 0. The molecule has 0 aliphatic rings. The zero-order chi connectivity index (χ0) is 12.0. The predicted octanol–water partition coefficient (Wildman–Crippen LogP) is 2.79. The molecule has 0 bridgehead atoms. The van der Waals surface area contributed by atoms with Crippen LogP contribution in [0.2, 0.25) is 0 Å². The normalized spacial score (nSPS) is 10.8. The van der Waals surface area contributed by atoms with Gasteiger partial charge in [0.1, 0.15) is 5.75 Å². The molecular formula is C12H19NO2S. The molecule has 16 heavy (non-hydrogen) atoms. The van der Waals surface area contributed by atoms with Gasteiger partial charge in [0, 0.05) is 29.5 Å². The minimum absolute atomic E-state index is 0.165. The van der Waals surface area contributed by atoms with Crippen LogP contribution in [0.1, 0.15) is 13.8 Å². The summed E-state index contributed by atoms with van der Waals surface area (Å²) in [6.07, 6.45) is 0.165. The van der Waals surface area contributed by atoms with Crippen molar-refractivity contribution in [3.63, 3.8) is 0 Å². The average Bonchev–Trinajstić information content (AvgIpc) is 2.16. The second-order valence-corrected chi connectivity index (χ2v) is 4.91. The van der Waals surface area contributed by atoms with Gasteiger partial charge >= 0.3 is 0 Å². The SMILES string of the molecule is COCCSc1cc(N)cc(OC(C)C)c1. The molecule has 1 rings (SSSR count). The van der Waals surface area contributed by atoms with Gasteiger partial charge < -0.3 is 15.2 Å². The molecule has 4 heteroatoms. The molecular weight excluding hydrogens is 222 g/mol. The van der Waals surface area contributed by atoms with E-state index in [0.29, 0.717) is 0 Å². The Morgan fingerprint density at radius 2 is 2.06 bits per heavy atom. The van der Waals surface area contributed by atoms with Crippen LogP contribution in [0.3, 0.4) is 0 Å². The molecule has 1 aromatic rings. The number of hydrogen-bond donors (Lipinski definition) is 1. The number of benzene rings is 1. The minimum Gasteiger partial charge on any atom is -0.491 e. The van der Waals surface area contributed by atoms with E-state index in [-0.39, 0.29) is 6.10 Å². The van der Waals surface area contributed by atoms with Crippen molar-refractivity contribution in [2.24, 2.45) is 0 Å². The number of rotatable bonds is 6. The molecule has 0 unspecified atom stereocenters. The van der Waals surface area contributed by atoms with E-state index in [9.17, 15) is 0 Å². The van der Waals surface area contributed by atoms with Crippen LogP contribution >= 0.6 is 11.8 Å². The first-order chi connectivity index (χ1) is 7.61. The molecule has 0 saturated carbocycles. The molecule has 90 valence electrons. The Morgan fingerprint density at radius 1 is 1.31 bits per heavy atom. The Hall–Kier alpha value is -0.870. The predicted molar refractivity (Wildman–Crippen MR) is 69.2 cm³/mol. The fourth-order valence-corrected chi connectivity index (χ4v) is 2.16. The van der Waals surface area contributed by atoms with Gasteiger partial charge in [-0.25, -0.2) is 0 Å². The van der Waals surface area contributed by atoms with Crippen molar-refractivity contribution in [2.75, 3.05) is 25.2 Å². The third kappa shape index (κ3) is 4.77. The van der Waals surface area contributed by atoms with Crippen molar-refractivity contribution in [1.29, 1.82) is 0 Å². The molecule has 1 aromatic carbocycles. The molecule has 0 spiro atoms. The summed E-state index contributed by atoms with van der Waals surface area (Å²) < 4.78 is 10.6. The van der Waals surface area contributed by atoms with E-state index in [0.717, 1.165) is 28.7 Å². The van der Waals surface area contributed by atoms with Gasteiger partial charge in [-0.15, -0.1) is 11.8 Å². The lowest BCUT2D eigenvalue weighted by atomic mass is 10.3. The summed E-state index contributed by atoms with van der Waals surface area (Å²) in [5.74, 6) is 1.75. The molecule has 0 aromatic heterocycles. The van der Waals surface area contributed by atoms with Crippen LogP contribution in [0, 0.1) is 0 Å². The van der Waals surface area contributed by atoms with Crippen molar-refractivity contribution in [1.82, 2.24) is 0 Å². The maximum absolute atomic E-state index is 5.81. The average molecular weight is 241 g/mol. The third-order valence-corrected chi connectivity index (χ3v) is 2.77. The zero-order valence-electron chi connectivity index (χ0n) is 10.0. The standard InChI is InChI=1S/C12H19NO2S/c1-9(2)15-11-6-10(13)7-12(8-11)16-5-4-14-3/h6-9H,4-5,13H2,1-3H3. The second kappa shape index (κ2) is 6.66. The van der Waals surface area contributed by atoms with E-state index in [1.807, 2.05) is 32.0 Å². The molecule has 3 nitrogen and oxygen atoms in total. The molecule has 0 radical (unpaired) electrons. The van der Waals surface area contributed by atoms with Gasteiger partial charge in [-0.1, -0.05) is 0 Å². The van der Waals surface area contributed by atoms with E-state index < -0.39 is 0 Å². The van der Waals surface area contributed by atoms with E-state index in [2.05, 4.69) is 0 Å². The quantitative estimate of drug-likeness (QED) is 0.472. The van der Waals surface area contributed by atoms with Gasteiger partial charge in [0.25, 0.3) is 0 Å². The molecule has 0 fully saturated rings. The maximum Gasteiger partial charge on any atom is 0.122 e. The summed E-state index contributed by atoms with van der Waals surface area (Å²) in [5.41, 5.74) is 6.55. The minimum atomic E-state index is 0.165. The Bertz CT molecular complexity index is 329. The van der Waals surface area contributed by atoms with Crippen molar-refractivity contribution in [3.05, 3.63) is 18.2 Å². The number of hydrogen-bond acceptors (Lipinski definition) is 4. The number of thioether (sulfide) groups is 1. The highest BCUT2D eigenvalue weighted by molar-refractivity contribution is 7.99. The lowest BCUT2D eigenvalue weighted by Gasteiger charge is -2.12. The van der Waals surface area contributed by atoms with E-state index >= 15 is 0 Å². The van der Waals surface area contributed by atoms with Crippen molar-refractivity contribution in [2.45, 2.75) is 24.8 Å². The molecule has 0 saturated heterocycles. The van der Waals surface area contributed by atoms with Gasteiger partial charge in [-0.2, -0.15) is 0 Å². The van der Waals surface area contributed by atoms with Gasteiger partial charge in [0.15, 0.2) is 0 Å². The third-order valence-electron chi connectivity index (χ3n) is 1.83.